The lowest BCUT2D eigenvalue weighted by atomic mass is 10.4. The van der Waals surface area contributed by atoms with Crippen molar-refractivity contribution in [3.63, 3.8) is 0 Å². The van der Waals surface area contributed by atoms with Gasteiger partial charge in [0.05, 0.1) is 6.54 Å². The van der Waals surface area contributed by atoms with E-state index in [1.54, 1.807) is 0 Å². The van der Waals surface area contributed by atoms with Crippen molar-refractivity contribution < 1.29 is 23.1 Å². The summed E-state index contributed by atoms with van der Waals surface area (Å²) in [6, 6.07) is 1.05. The number of rotatable bonds is 5. The Hall–Kier alpha value is -1.87. The highest BCUT2D eigenvalue weighted by molar-refractivity contribution is 7.89. The third-order valence-electron chi connectivity index (χ3n) is 2.55. The maximum atomic E-state index is 12.1. The molecule has 2 N–H and O–H groups in total. The molecule has 1 aromatic rings. The average Bonchev–Trinajstić information content (AvgIpc) is 2.71. The monoisotopic (exact) mass is 289 g/mol. The van der Waals surface area contributed by atoms with Gasteiger partial charge in [-0.3, -0.25) is 4.79 Å². The van der Waals surface area contributed by atoms with Crippen LogP contribution in [0.2, 0.25) is 0 Å². The molecule has 0 radical (unpaired) electrons. The largest absolute Gasteiger partial charge is 0.477 e. The van der Waals surface area contributed by atoms with Crippen LogP contribution in [-0.4, -0.2) is 54.9 Å². The zero-order chi connectivity index (χ0) is 14.8. The number of carbonyl (C=O) groups excluding carboxylic acids is 1. The van der Waals surface area contributed by atoms with Crippen LogP contribution in [0.1, 0.15) is 10.5 Å². The number of nitrogens with one attached hydrogen (secondary N) is 1. The van der Waals surface area contributed by atoms with E-state index < -0.39 is 21.9 Å². The van der Waals surface area contributed by atoms with Gasteiger partial charge in [0.2, 0.25) is 15.9 Å². The van der Waals surface area contributed by atoms with Gasteiger partial charge < -0.3 is 15.0 Å². The van der Waals surface area contributed by atoms with Crippen molar-refractivity contribution in [3.8, 4) is 0 Å². The minimum absolute atomic E-state index is 0.146. The summed E-state index contributed by atoms with van der Waals surface area (Å²) < 4.78 is 26.3. The molecule has 0 fully saturated rings. The first-order valence-corrected chi connectivity index (χ1v) is 6.70. The first-order chi connectivity index (χ1) is 8.70. The van der Waals surface area contributed by atoms with Crippen LogP contribution in [0.3, 0.4) is 0 Å². The Morgan fingerprint density at radius 1 is 1.47 bits per heavy atom. The number of aromatic nitrogens is 1. The molecule has 0 bridgehead atoms. The Morgan fingerprint density at radius 3 is 2.47 bits per heavy atom. The SMILES string of the molecule is CNC(=O)CN(C)S(=O)(=O)c1cc(C(=O)O)n(C)c1. The highest BCUT2D eigenvalue weighted by atomic mass is 32.2. The molecule has 0 atom stereocenters. The number of hydrogen-bond donors (Lipinski definition) is 2. The maximum Gasteiger partial charge on any atom is 0.352 e. The fraction of sp³-hybridized carbons (Fsp3) is 0.400. The molecule has 0 saturated carbocycles. The van der Waals surface area contributed by atoms with Crippen molar-refractivity contribution >= 4 is 21.9 Å². The Labute approximate surface area is 110 Å². The lowest BCUT2D eigenvalue weighted by Gasteiger charge is -2.14. The molecule has 106 valence electrons. The fourth-order valence-corrected chi connectivity index (χ4v) is 2.63. The smallest absolute Gasteiger partial charge is 0.352 e. The van der Waals surface area contributed by atoms with E-state index in [4.69, 9.17) is 5.11 Å². The Bertz CT molecular complexity index is 605. The van der Waals surface area contributed by atoms with E-state index in [1.807, 2.05) is 0 Å². The molecular weight excluding hydrogens is 274 g/mol. The number of amides is 1. The zero-order valence-corrected chi connectivity index (χ0v) is 11.6. The topological polar surface area (TPSA) is 109 Å². The molecule has 0 saturated heterocycles. The predicted molar refractivity (Wildman–Crippen MR) is 66.3 cm³/mol. The van der Waals surface area contributed by atoms with E-state index >= 15 is 0 Å². The van der Waals surface area contributed by atoms with Crippen molar-refractivity contribution in [3.05, 3.63) is 18.0 Å². The summed E-state index contributed by atoms with van der Waals surface area (Å²) in [6.07, 6.45) is 1.19. The molecule has 19 heavy (non-hydrogen) atoms. The number of nitrogens with zero attached hydrogens (tertiary/aromatic N) is 2. The fourth-order valence-electron chi connectivity index (χ4n) is 1.43. The van der Waals surface area contributed by atoms with Gasteiger partial charge in [-0.15, -0.1) is 0 Å². The van der Waals surface area contributed by atoms with Gasteiger partial charge in [-0.25, -0.2) is 13.2 Å². The van der Waals surface area contributed by atoms with E-state index in [9.17, 15) is 18.0 Å². The predicted octanol–water partition coefficient (Wildman–Crippen LogP) is -0.910. The Balaban J connectivity index is 3.10. The number of hydrogen-bond acceptors (Lipinski definition) is 4. The minimum Gasteiger partial charge on any atom is -0.477 e. The molecular formula is C10H15N3O5S. The van der Waals surface area contributed by atoms with E-state index in [1.165, 1.54) is 31.9 Å². The molecule has 0 aromatic carbocycles. The van der Waals surface area contributed by atoms with E-state index in [0.717, 1.165) is 10.4 Å². The van der Waals surface area contributed by atoms with Crippen LogP contribution in [0.5, 0.6) is 0 Å². The van der Waals surface area contributed by atoms with Gasteiger partial charge >= 0.3 is 5.97 Å². The Morgan fingerprint density at radius 2 is 2.05 bits per heavy atom. The van der Waals surface area contributed by atoms with Gasteiger partial charge in [-0.05, 0) is 6.07 Å². The van der Waals surface area contributed by atoms with Crippen LogP contribution in [0.4, 0.5) is 0 Å². The molecule has 1 rings (SSSR count). The van der Waals surface area contributed by atoms with Gasteiger partial charge in [0.25, 0.3) is 0 Å². The van der Waals surface area contributed by atoms with Gasteiger partial charge in [0, 0.05) is 27.3 Å². The van der Waals surface area contributed by atoms with E-state index in [-0.39, 0.29) is 17.1 Å². The molecule has 0 aliphatic rings. The van der Waals surface area contributed by atoms with Crippen LogP contribution in [0.25, 0.3) is 0 Å². The summed E-state index contributed by atoms with van der Waals surface area (Å²) in [5, 5.41) is 11.2. The summed E-state index contributed by atoms with van der Waals surface area (Å²) >= 11 is 0. The lowest BCUT2D eigenvalue weighted by Crippen LogP contribution is -2.36. The molecule has 9 heteroatoms. The molecule has 0 spiro atoms. The number of likely N-dealkylation sites (N-methyl/N-ethyl adjacent to an activating group) is 2. The lowest BCUT2D eigenvalue weighted by molar-refractivity contribution is -0.120. The first-order valence-electron chi connectivity index (χ1n) is 5.26. The van der Waals surface area contributed by atoms with Crippen LogP contribution >= 0.6 is 0 Å². The van der Waals surface area contributed by atoms with Gasteiger partial charge in [-0.2, -0.15) is 4.31 Å². The Kier molecular flexibility index (Phi) is 4.32. The van der Waals surface area contributed by atoms with Crippen molar-refractivity contribution in [1.82, 2.24) is 14.2 Å². The minimum atomic E-state index is -3.89. The molecule has 0 aliphatic carbocycles. The number of aryl methyl sites for hydroxylation is 1. The summed E-state index contributed by atoms with van der Waals surface area (Å²) in [5.41, 5.74) is -0.146. The highest BCUT2D eigenvalue weighted by Crippen LogP contribution is 2.17. The third kappa shape index (κ3) is 3.12. The standard InChI is InChI=1S/C10H15N3O5S/c1-11-9(14)6-13(3)19(17,18)7-4-8(10(15)16)12(2)5-7/h4-5H,6H2,1-3H3,(H,11,14)(H,15,16). The summed E-state index contributed by atoms with van der Waals surface area (Å²) in [5.74, 6) is -1.68. The van der Waals surface area contributed by atoms with Gasteiger partial charge in [0.15, 0.2) is 0 Å². The van der Waals surface area contributed by atoms with Crippen LogP contribution in [-0.2, 0) is 21.9 Å². The quantitative estimate of drug-likeness (QED) is 0.729. The van der Waals surface area contributed by atoms with Gasteiger partial charge in [0.1, 0.15) is 10.6 Å². The molecule has 1 amide bonds. The molecule has 1 aromatic heterocycles. The summed E-state index contributed by atoms with van der Waals surface area (Å²) in [4.78, 5) is 21.9. The number of sulfonamides is 1. The van der Waals surface area contributed by atoms with Crippen molar-refractivity contribution in [1.29, 1.82) is 0 Å². The van der Waals surface area contributed by atoms with Crippen LogP contribution < -0.4 is 5.32 Å². The number of carbonyl (C=O) groups is 2. The van der Waals surface area contributed by atoms with E-state index in [0.29, 0.717) is 0 Å². The average molecular weight is 289 g/mol. The van der Waals surface area contributed by atoms with E-state index in [2.05, 4.69) is 5.32 Å². The maximum absolute atomic E-state index is 12.1. The molecule has 0 unspecified atom stereocenters. The van der Waals surface area contributed by atoms with Crippen LogP contribution in [0.15, 0.2) is 17.2 Å². The number of carboxylic acids is 1. The molecule has 0 aliphatic heterocycles. The zero-order valence-electron chi connectivity index (χ0n) is 10.7. The van der Waals surface area contributed by atoms with Gasteiger partial charge in [-0.1, -0.05) is 0 Å². The van der Waals surface area contributed by atoms with Crippen molar-refractivity contribution in [2.45, 2.75) is 4.90 Å². The van der Waals surface area contributed by atoms with Crippen molar-refractivity contribution in [2.24, 2.45) is 7.05 Å². The second-order valence-corrected chi connectivity index (χ2v) is 5.96. The molecule has 8 nitrogen and oxygen atoms in total. The first kappa shape index (κ1) is 15.2. The summed E-state index contributed by atoms with van der Waals surface area (Å²) in [7, 11) is 0.185. The number of carboxylic acid groups (broad SMARTS) is 1. The highest BCUT2D eigenvalue weighted by Gasteiger charge is 2.25. The normalized spacial score (nSPS) is 11.6. The molecule has 1 heterocycles. The van der Waals surface area contributed by atoms with Crippen LogP contribution in [0, 0.1) is 0 Å². The summed E-state index contributed by atoms with van der Waals surface area (Å²) in [6.45, 7) is -0.337. The second-order valence-electron chi connectivity index (χ2n) is 3.91. The second kappa shape index (κ2) is 5.41. The number of aromatic carboxylic acids is 1. The van der Waals surface area contributed by atoms with Crippen molar-refractivity contribution in [2.75, 3.05) is 20.6 Å². The third-order valence-corrected chi connectivity index (χ3v) is 4.32.